The summed E-state index contributed by atoms with van der Waals surface area (Å²) in [4.78, 5) is 13.9. The molecule has 0 fully saturated rings. The Balaban J connectivity index is 0.000000182. The van der Waals surface area contributed by atoms with E-state index in [0.717, 1.165) is 75.0 Å². The van der Waals surface area contributed by atoms with Crippen LogP contribution >= 0.6 is 0 Å². The number of para-hydroxylation sites is 1. The smallest absolute Gasteiger partial charge is 0.144 e. The van der Waals surface area contributed by atoms with Crippen molar-refractivity contribution in [2.24, 2.45) is 17.3 Å². The van der Waals surface area contributed by atoms with E-state index < -0.39 is 8.07 Å². The molecular formula is C62H68FIrN3OSi. The van der Waals surface area contributed by atoms with Crippen LogP contribution < -0.4 is 5.19 Å². The van der Waals surface area contributed by atoms with Crippen molar-refractivity contribution in [3.63, 3.8) is 0 Å². The van der Waals surface area contributed by atoms with Gasteiger partial charge in [0.2, 0.25) is 0 Å². The molecule has 0 saturated heterocycles. The SMILES string of the molecule is CC(C)Cc1cc(-c2ccccc2)ncc1[Si](C)(C)C.CC(C)Cc1ccnc(-c2ccccc2)c1.Cc1cnc(-c2cccc3c2oc2cc(-c4cccc(F)c4)ccc23)cc1CC(C)(C)C.[Ir]. The molecule has 4 heterocycles. The van der Waals surface area contributed by atoms with Crippen LogP contribution in [0.25, 0.3) is 66.8 Å². The molecule has 4 nitrogen and oxygen atoms in total. The van der Waals surface area contributed by atoms with Crippen LogP contribution in [0.5, 0.6) is 0 Å². The number of fused-ring (bicyclic) bond motifs is 3. The molecular weight excluding hydrogens is 1040 g/mol. The van der Waals surface area contributed by atoms with Crippen molar-refractivity contribution in [1.82, 2.24) is 15.0 Å². The molecule has 0 amide bonds. The maximum absolute atomic E-state index is 13.7. The normalized spacial score (nSPS) is 11.5. The van der Waals surface area contributed by atoms with Crippen LogP contribution in [0.3, 0.4) is 0 Å². The van der Waals surface area contributed by atoms with Gasteiger partial charge in [-0.25, -0.2) is 4.39 Å². The van der Waals surface area contributed by atoms with Gasteiger partial charge in [0.1, 0.15) is 17.0 Å². The first-order valence-electron chi connectivity index (χ1n) is 24.1. The zero-order chi connectivity index (χ0) is 48.6. The van der Waals surface area contributed by atoms with E-state index >= 15 is 0 Å². The minimum absolute atomic E-state index is 0. The van der Waals surface area contributed by atoms with Crippen molar-refractivity contribution in [3.05, 3.63) is 192 Å². The second-order valence-corrected chi connectivity index (χ2v) is 26.2. The van der Waals surface area contributed by atoms with E-state index in [1.165, 1.54) is 44.6 Å². The zero-order valence-corrected chi connectivity index (χ0v) is 45.7. The molecule has 0 aliphatic heterocycles. The number of hydrogen-bond donors (Lipinski definition) is 0. The van der Waals surface area contributed by atoms with Crippen molar-refractivity contribution in [2.45, 2.75) is 94.3 Å². The fourth-order valence-corrected chi connectivity index (χ4v) is 10.3. The molecule has 5 aromatic carbocycles. The quantitative estimate of drug-likeness (QED) is 0.128. The summed E-state index contributed by atoms with van der Waals surface area (Å²) in [7, 11) is -1.33. The van der Waals surface area contributed by atoms with Gasteiger partial charge in [0, 0.05) is 66.2 Å². The van der Waals surface area contributed by atoms with E-state index in [0.29, 0.717) is 11.8 Å². The van der Waals surface area contributed by atoms with Crippen LogP contribution in [-0.4, -0.2) is 23.0 Å². The maximum Gasteiger partial charge on any atom is 0.144 e. The molecule has 0 bridgehead atoms. The van der Waals surface area contributed by atoms with E-state index in [9.17, 15) is 4.39 Å². The number of furan rings is 1. The first kappa shape index (κ1) is 52.5. The van der Waals surface area contributed by atoms with E-state index in [-0.39, 0.29) is 31.3 Å². The number of aromatic nitrogens is 3. The third kappa shape index (κ3) is 14.1. The Morgan fingerprint density at radius 3 is 1.78 bits per heavy atom. The number of rotatable bonds is 10. The summed E-state index contributed by atoms with van der Waals surface area (Å²) in [6, 6.07) is 48.5. The fourth-order valence-electron chi connectivity index (χ4n) is 8.71. The first-order valence-corrected chi connectivity index (χ1v) is 27.6. The molecule has 9 rings (SSSR count). The molecule has 0 atom stereocenters. The van der Waals surface area contributed by atoms with Gasteiger partial charge in [-0.3, -0.25) is 15.0 Å². The Labute approximate surface area is 425 Å². The third-order valence-electron chi connectivity index (χ3n) is 11.9. The van der Waals surface area contributed by atoms with Gasteiger partial charge >= 0.3 is 0 Å². The van der Waals surface area contributed by atoms with Crippen molar-refractivity contribution in [1.29, 1.82) is 0 Å². The molecule has 4 aromatic heterocycles. The summed E-state index contributed by atoms with van der Waals surface area (Å²) in [6.07, 6.45) is 9.23. The summed E-state index contributed by atoms with van der Waals surface area (Å²) in [6.45, 7) is 25.1. The molecule has 0 N–H and O–H groups in total. The van der Waals surface area contributed by atoms with Gasteiger partial charge in [-0.05, 0) is 137 Å². The predicted molar refractivity (Wildman–Crippen MR) is 290 cm³/mol. The molecule has 0 aliphatic carbocycles. The van der Waals surface area contributed by atoms with E-state index in [1.807, 2.05) is 48.8 Å². The minimum Gasteiger partial charge on any atom is -0.455 e. The van der Waals surface area contributed by atoms with Gasteiger partial charge in [-0.15, -0.1) is 0 Å². The van der Waals surface area contributed by atoms with Gasteiger partial charge < -0.3 is 4.42 Å². The van der Waals surface area contributed by atoms with E-state index in [4.69, 9.17) is 14.4 Å². The van der Waals surface area contributed by atoms with Crippen molar-refractivity contribution in [2.75, 3.05) is 0 Å². The Kier molecular flexibility index (Phi) is 17.6. The molecule has 0 aliphatic rings. The summed E-state index contributed by atoms with van der Waals surface area (Å²) in [5, 5.41) is 3.61. The van der Waals surface area contributed by atoms with Gasteiger partial charge in [-0.2, -0.15) is 0 Å². The number of benzene rings is 5. The summed E-state index contributed by atoms with van der Waals surface area (Å²) < 4.78 is 20.1. The topological polar surface area (TPSA) is 51.8 Å². The van der Waals surface area contributed by atoms with Gasteiger partial charge in [0.05, 0.1) is 25.2 Å². The Bertz CT molecular complexity index is 3100. The average molecular weight is 1110 g/mol. The number of aryl methyl sites for hydroxylation is 1. The molecule has 1 radical (unpaired) electrons. The monoisotopic (exact) mass is 1110 g/mol. The summed E-state index contributed by atoms with van der Waals surface area (Å²) >= 11 is 0. The Hall–Kier alpha value is -5.85. The van der Waals surface area contributed by atoms with Gasteiger partial charge in [0.25, 0.3) is 0 Å². The minimum atomic E-state index is -1.33. The molecule has 0 spiro atoms. The summed E-state index contributed by atoms with van der Waals surface area (Å²) in [5.41, 5.74) is 15.4. The number of hydrogen-bond acceptors (Lipinski definition) is 4. The largest absolute Gasteiger partial charge is 0.455 e. The van der Waals surface area contributed by atoms with Crippen LogP contribution in [0.2, 0.25) is 19.6 Å². The van der Waals surface area contributed by atoms with E-state index in [2.05, 4.69) is 177 Å². The van der Waals surface area contributed by atoms with Crippen molar-refractivity contribution < 1.29 is 28.9 Å². The number of nitrogens with zero attached hydrogens (tertiary/aromatic N) is 3. The molecule has 0 saturated carbocycles. The number of halogens is 1. The van der Waals surface area contributed by atoms with E-state index in [1.54, 1.807) is 12.1 Å². The number of pyridine rings is 3. The van der Waals surface area contributed by atoms with Crippen LogP contribution in [0.1, 0.15) is 70.7 Å². The standard InChI is InChI=1S/C29H26FNO.C18H25NSi.C15H17N.Ir/c1-18-17-31-26(14-21(18)16-29(2,3)4)25-10-6-9-24-23-12-11-20(15-27(23)32-28(24)25)19-7-5-8-22(30)13-19;1-14(2)11-16-12-17(15-9-7-6-8-10-15)19-13-18(16)20(3,4)5;1-12(2)10-13-8-9-16-15(11-13)14-6-4-3-5-7-14;/h5-15,17H,16H2,1-4H3;6-10,12-14H,11H2,1-5H3;3-9,11-12H,10H2,1-2H3;. The van der Waals surface area contributed by atoms with Crippen LogP contribution in [0.4, 0.5) is 4.39 Å². The second-order valence-electron chi connectivity index (χ2n) is 21.2. The Morgan fingerprint density at radius 2 is 1.16 bits per heavy atom. The molecule has 357 valence electrons. The second kappa shape index (κ2) is 23.2. The Morgan fingerprint density at radius 1 is 0.565 bits per heavy atom. The molecule has 69 heavy (non-hydrogen) atoms. The zero-order valence-electron chi connectivity index (χ0n) is 42.3. The van der Waals surface area contributed by atoms with Gasteiger partial charge in [-0.1, -0.05) is 159 Å². The van der Waals surface area contributed by atoms with Crippen molar-refractivity contribution >= 4 is 35.2 Å². The molecule has 9 aromatic rings. The van der Waals surface area contributed by atoms with Crippen LogP contribution in [-0.2, 0) is 39.4 Å². The third-order valence-corrected chi connectivity index (χ3v) is 14.0. The van der Waals surface area contributed by atoms with Crippen molar-refractivity contribution in [3.8, 4) is 44.9 Å². The predicted octanol–water partition coefficient (Wildman–Crippen LogP) is 16.8. The van der Waals surface area contributed by atoms with Crippen LogP contribution in [0.15, 0.2) is 169 Å². The van der Waals surface area contributed by atoms with Crippen LogP contribution in [0, 0.1) is 30.0 Å². The molecule has 7 heteroatoms. The molecule has 0 unspecified atom stereocenters. The summed E-state index contributed by atoms with van der Waals surface area (Å²) in [5.74, 6) is 1.12. The fraction of sp³-hybridized carbons (Fsp3) is 0.274. The average Bonchev–Trinajstić information content (AvgIpc) is 3.68. The maximum atomic E-state index is 13.7. The van der Waals surface area contributed by atoms with Gasteiger partial charge in [0.15, 0.2) is 0 Å². The first-order chi connectivity index (χ1) is 32.4.